The summed E-state index contributed by atoms with van der Waals surface area (Å²) in [4.78, 5) is 23.9. The number of hydrogen-bond acceptors (Lipinski definition) is 4. The van der Waals surface area contributed by atoms with Gasteiger partial charge >= 0.3 is 5.97 Å². The predicted octanol–water partition coefficient (Wildman–Crippen LogP) is 1.56. The lowest BCUT2D eigenvalue weighted by molar-refractivity contribution is -0.136. The number of carbonyl (C=O) groups is 2. The van der Waals surface area contributed by atoms with Crippen molar-refractivity contribution in [1.29, 1.82) is 0 Å². The first kappa shape index (κ1) is 12.4. The first-order valence-corrected chi connectivity index (χ1v) is 5.82. The smallest absolute Gasteiger partial charge is 0.305 e. The van der Waals surface area contributed by atoms with E-state index in [-0.39, 0.29) is 12.2 Å². The van der Waals surface area contributed by atoms with Gasteiger partial charge in [-0.05, 0) is 25.1 Å². The van der Waals surface area contributed by atoms with Crippen molar-refractivity contribution in [3.8, 4) is 5.75 Å². The molecule has 18 heavy (non-hydrogen) atoms. The van der Waals surface area contributed by atoms with Crippen molar-refractivity contribution in [2.75, 3.05) is 24.6 Å². The zero-order chi connectivity index (χ0) is 13.1. The number of fused-ring (bicyclic) bond motifs is 1. The number of carboxylic acid groups (broad SMARTS) is 1. The number of benzene rings is 1. The number of hydrogen-bond donors (Lipinski definition) is 1. The molecule has 0 unspecified atom stereocenters. The predicted molar refractivity (Wildman–Crippen MR) is 66.4 cm³/mol. The van der Waals surface area contributed by atoms with Crippen molar-refractivity contribution in [2.45, 2.75) is 13.3 Å². The molecule has 0 amide bonds. The molecular formula is C13H15NO4. The zero-order valence-electron chi connectivity index (χ0n) is 10.2. The second-order valence-corrected chi connectivity index (χ2v) is 4.22. The van der Waals surface area contributed by atoms with E-state index in [1.807, 2.05) is 4.90 Å². The number of nitrogens with zero attached hydrogens (tertiary/aromatic N) is 1. The van der Waals surface area contributed by atoms with Crippen LogP contribution in [-0.2, 0) is 4.79 Å². The maximum atomic E-state index is 11.4. The van der Waals surface area contributed by atoms with Crippen LogP contribution in [-0.4, -0.2) is 36.6 Å². The fourth-order valence-electron chi connectivity index (χ4n) is 1.95. The van der Waals surface area contributed by atoms with Gasteiger partial charge in [0.1, 0.15) is 12.4 Å². The maximum Gasteiger partial charge on any atom is 0.305 e. The van der Waals surface area contributed by atoms with Crippen LogP contribution in [0.5, 0.6) is 5.75 Å². The molecule has 1 aromatic carbocycles. The largest absolute Gasteiger partial charge is 0.490 e. The molecule has 96 valence electrons. The molecule has 5 heteroatoms. The van der Waals surface area contributed by atoms with E-state index < -0.39 is 5.97 Å². The number of rotatable bonds is 4. The summed E-state index contributed by atoms with van der Waals surface area (Å²) in [5.74, 6) is -0.135. The third kappa shape index (κ3) is 2.61. The number of carbonyl (C=O) groups excluding carboxylic acids is 1. The molecule has 0 fully saturated rings. The monoisotopic (exact) mass is 249 g/mol. The molecule has 5 nitrogen and oxygen atoms in total. The summed E-state index contributed by atoms with van der Waals surface area (Å²) in [6, 6.07) is 5.25. The van der Waals surface area contributed by atoms with Gasteiger partial charge in [-0.3, -0.25) is 9.59 Å². The molecule has 1 aliphatic heterocycles. The Hall–Kier alpha value is -2.04. The van der Waals surface area contributed by atoms with Crippen molar-refractivity contribution in [3.05, 3.63) is 23.8 Å². The Morgan fingerprint density at radius 3 is 2.89 bits per heavy atom. The highest BCUT2D eigenvalue weighted by atomic mass is 16.5. The molecule has 0 saturated heterocycles. The summed E-state index contributed by atoms with van der Waals surface area (Å²) in [6.07, 6.45) is 0.0732. The summed E-state index contributed by atoms with van der Waals surface area (Å²) >= 11 is 0. The van der Waals surface area contributed by atoms with Crippen LogP contribution in [0.15, 0.2) is 18.2 Å². The number of ketones is 1. The topological polar surface area (TPSA) is 66.8 Å². The normalized spacial score (nSPS) is 13.7. The van der Waals surface area contributed by atoms with E-state index >= 15 is 0 Å². The Bertz CT molecular complexity index is 484. The molecule has 0 saturated carbocycles. The van der Waals surface area contributed by atoms with E-state index in [0.29, 0.717) is 31.0 Å². The van der Waals surface area contributed by atoms with E-state index in [1.165, 1.54) is 6.92 Å². The summed E-state index contributed by atoms with van der Waals surface area (Å²) in [5, 5.41) is 8.72. The van der Waals surface area contributed by atoms with E-state index in [4.69, 9.17) is 9.84 Å². The van der Waals surface area contributed by atoms with Gasteiger partial charge < -0.3 is 14.7 Å². The quantitative estimate of drug-likeness (QED) is 0.820. The highest BCUT2D eigenvalue weighted by Crippen LogP contribution is 2.32. The van der Waals surface area contributed by atoms with Crippen LogP contribution in [0, 0.1) is 0 Å². The minimum atomic E-state index is -0.828. The average molecular weight is 249 g/mol. The minimum Gasteiger partial charge on any atom is -0.490 e. The SMILES string of the molecule is CC(=O)c1ccc2c(c1)N(CCC(=O)O)CCO2. The van der Waals surface area contributed by atoms with Gasteiger partial charge in [-0.1, -0.05) is 0 Å². The number of anilines is 1. The Kier molecular flexibility index (Phi) is 3.50. The van der Waals surface area contributed by atoms with Crippen molar-refractivity contribution in [1.82, 2.24) is 0 Å². The van der Waals surface area contributed by atoms with Gasteiger partial charge in [-0.2, -0.15) is 0 Å². The number of carboxylic acids is 1. The first-order valence-electron chi connectivity index (χ1n) is 5.82. The summed E-state index contributed by atoms with van der Waals surface area (Å²) < 4.78 is 5.49. The Morgan fingerprint density at radius 1 is 1.44 bits per heavy atom. The number of ether oxygens (including phenoxy) is 1. The van der Waals surface area contributed by atoms with Crippen molar-refractivity contribution in [3.63, 3.8) is 0 Å². The molecule has 1 aromatic rings. The molecule has 1 N–H and O–H groups in total. The fraction of sp³-hybridized carbons (Fsp3) is 0.385. The van der Waals surface area contributed by atoms with E-state index in [2.05, 4.69) is 0 Å². The molecule has 2 rings (SSSR count). The van der Waals surface area contributed by atoms with Gasteiger partial charge in [-0.25, -0.2) is 0 Å². The van der Waals surface area contributed by atoms with Gasteiger partial charge in [-0.15, -0.1) is 0 Å². The van der Waals surface area contributed by atoms with Crippen LogP contribution in [0.2, 0.25) is 0 Å². The van der Waals surface area contributed by atoms with Gasteiger partial charge in [0.15, 0.2) is 5.78 Å². The summed E-state index contributed by atoms with van der Waals surface area (Å²) in [7, 11) is 0. The van der Waals surface area contributed by atoms with Crippen molar-refractivity contribution in [2.24, 2.45) is 0 Å². The van der Waals surface area contributed by atoms with Crippen molar-refractivity contribution >= 4 is 17.4 Å². The molecule has 0 atom stereocenters. The minimum absolute atomic E-state index is 0.0124. The van der Waals surface area contributed by atoms with Crippen LogP contribution in [0.25, 0.3) is 0 Å². The average Bonchev–Trinajstić information content (AvgIpc) is 2.35. The van der Waals surface area contributed by atoms with Gasteiger partial charge in [0.2, 0.25) is 0 Å². The number of aliphatic carboxylic acids is 1. The van der Waals surface area contributed by atoms with Crippen LogP contribution in [0.3, 0.4) is 0 Å². The van der Waals surface area contributed by atoms with Gasteiger partial charge in [0.25, 0.3) is 0 Å². The molecule has 0 aliphatic carbocycles. The Balaban J connectivity index is 2.25. The first-order chi connectivity index (χ1) is 8.58. The maximum absolute atomic E-state index is 11.4. The van der Waals surface area contributed by atoms with Gasteiger partial charge in [0, 0.05) is 12.1 Å². The molecule has 0 bridgehead atoms. The highest BCUT2D eigenvalue weighted by molar-refractivity contribution is 5.95. The third-order valence-electron chi connectivity index (χ3n) is 2.92. The highest BCUT2D eigenvalue weighted by Gasteiger charge is 2.19. The number of Topliss-reactive ketones (excluding diaryl/α,β-unsaturated/α-hetero) is 1. The van der Waals surface area contributed by atoms with Crippen LogP contribution < -0.4 is 9.64 Å². The van der Waals surface area contributed by atoms with Crippen LogP contribution >= 0.6 is 0 Å². The lowest BCUT2D eigenvalue weighted by atomic mass is 10.1. The lowest BCUT2D eigenvalue weighted by Gasteiger charge is -2.31. The summed E-state index contributed by atoms with van der Waals surface area (Å²) in [5.41, 5.74) is 1.41. The van der Waals surface area contributed by atoms with Crippen molar-refractivity contribution < 1.29 is 19.4 Å². The molecular weight excluding hydrogens is 234 g/mol. The van der Waals surface area contributed by atoms with E-state index in [1.54, 1.807) is 18.2 Å². The van der Waals surface area contributed by atoms with E-state index in [0.717, 1.165) is 5.69 Å². The Labute approximate surface area is 105 Å². The molecule has 0 radical (unpaired) electrons. The molecule has 1 heterocycles. The second-order valence-electron chi connectivity index (χ2n) is 4.22. The third-order valence-corrected chi connectivity index (χ3v) is 2.92. The zero-order valence-corrected chi connectivity index (χ0v) is 10.2. The standard InChI is InChI=1S/C13H15NO4/c1-9(15)10-2-3-12-11(8-10)14(6-7-18-12)5-4-13(16)17/h2-3,8H,4-7H2,1H3,(H,16,17). The lowest BCUT2D eigenvalue weighted by Crippen LogP contribution is -2.34. The van der Waals surface area contributed by atoms with Crippen LogP contribution in [0.4, 0.5) is 5.69 Å². The fourth-order valence-corrected chi connectivity index (χ4v) is 1.95. The van der Waals surface area contributed by atoms with Crippen LogP contribution in [0.1, 0.15) is 23.7 Å². The molecule has 0 spiro atoms. The molecule has 0 aromatic heterocycles. The second kappa shape index (κ2) is 5.08. The molecule has 1 aliphatic rings. The summed E-state index contributed by atoms with van der Waals surface area (Å²) in [6.45, 7) is 3.10. The Morgan fingerprint density at radius 2 is 2.22 bits per heavy atom. The van der Waals surface area contributed by atoms with E-state index in [9.17, 15) is 9.59 Å². The van der Waals surface area contributed by atoms with Gasteiger partial charge in [0.05, 0.1) is 18.7 Å².